The largest absolute Gasteiger partial charge is 0.483 e. The van der Waals surface area contributed by atoms with E-state index in [1.807, 2.05) is 54.6 Å². The number of carbonyl (C=O) groups is 1. The second-order valence-corrected chi connectivity index (χ2v) is 5.64. The van der Waals surface area contributed by atoms with E-state index in [0.717, 1.165) is 24.1 Å². The molecule has 1 aromatic heterocycles. The van der Waals surface area contributed by atoms with Crippen molar-refractivity contribution in [2.75, 3.05) is 11.9 Å². The molecular formula is C20H21N3O2. The van der Waals surface area contributed by atoms with Crippen LogP contribution in [-0.4, -0.2) is 22.3 Å². The molecule has 25 heavy (non-hydrogen) atoms. The van der Waals surface area contributed by atoms with Gasteiger partial charge in [-0.2, -0.15) is 5.10 Å². The first-order valence-electron chi connectivity index (χ1n) is 8.37. The minimum absolute atomic E-state index is 0.0544. The topological polar surface area (TPSA) is 56.2 Å². The van der Waals surface area contributed by atoms with Crippen molar-refractivity contribution in [3.8, 4) is 16.9 Å². The minimum atomic E-state index is -0.208. The van der Waals surface area contributed by atoms with Gasteiger partial charge >= 0.3 is 0 Å². The molecule has 128 valence electrons. The summed E-state index contributed by atoms with van der Waals surface area (Å²) >= 11 is 0. The minimum Gasteiger partial charge on any atom is -0.483 e. The van der Waals surface area contributed by atoms with Crippen LogP contribution in [0.5, 0.6) is 5.75 Å². The number of benzene rings is 2. The fourth-order valence-corrected chi connectivity index (χ4v) is 2.60. The van der Waals surface area contributed by atoms with Crippen molar-refractivity contribution in [3.05, 3.63) is 66.9 Å². The molecule has 0 atom stereocenters. The van der Waals surface area contributed by atoms with E-state index in [4.69, 9.17) is 4.74 Å². The number of aryl methyl sites for hydroxylation is 1. The molecule has 1 heterocycles. The van der Waals surface area contributed by atoms with Crippen LogP contribution >= 0.6 is 0 Å². The third-order valence-electron chi connectivity index (χ3n) is 3.75. The molecule has 5 heteroatoms. The maximum absolute atomic E-state index is 12.2. The number of ether oxygens (including phenoxy) is 1. The first kappa shape index (κ1) is 16.8. The van der Waals surface area contributed by atoms with Crippen LogP contribution in [0.1, 0.15) is 13.3 Å². The normalized spacial score (nSPS) is 10.4. The number of amides is 1. The fourth-order valence-electron chi connectivity index (χ4n) is 2.60. The molecule has 0 unspecified atom stereocenters. The predicted octanol–water partition coefficient (Wildman–Crippen LogP) is 3.98. The number of hydrogen-bond acceptors (Lipinski definition) is 3. The van der Waals surface area contributed by atoms with Gasteiger partial charge in [0.25, 0.3) is 5.91 Å². The second-order valence-electron chi connectivity index (χ2n) is 5.64. The lowest BCUT2D eigenvalue weighted by Crippen LogP contribution is -2.22. The van der Waals surface area contributed by atoms with Crippen molar-refractivity contribution in [2.45, 2.75) is 19.9 Å². The van der Waals surface area contributed by atoms with Gasteiger partial charge in [-0.3, -0.25) is 4.79 Å². The van der Waals surface area contributed by atoms with Crippen molar-refractivity contribution in [2.24, 2.45) is 0 Å². The van der Waals surface area contributed by atoms with E-state index in [1.54, 1.807) is 16.9 Å². The number of anilines is 1. The Balaban J connectivity index is 1.66. The first-order chi connectivity index (χ1) is 12.3. The summed E-state index contributed by atoms with van der Waals surface area (Å²) in [6.45, 7) is 2.78. The van der Waals surface area contributed by atoms with Crippen LogP contribution in [0.15, 0.2) is 66.9 Å². The number of para-hydroxylation sites is 1. The third kappa shape index (κ3) is 4.26. The number of carbonyl (C=O) groups excluding carboxylic acids is 1. The highest BCUT2D eigenvalue weighted by Gasteiger charge is 2.10. The lowest BCUT2D eigenvalue weighted by atomic mass is 10.1. The molecule has 2 aromatic carbocycles. The number of nitrogens with zero attached hydrogens (tertiary/aromatic N) is 2. The molecule has 3 rings (SSSR count). The van der Waals surface area contributed by atoms with Gasteiger partial charge in [-0.1, -0.05) is 55.5 Å². The lowest BCUT2D eigenvalue weighted by Gasteiger charge is -2.12. The van der Waals surface area contributed by atoms with Crippen molar-refractivity contribution in [1.82, 2.24) is 9.78 Å². The summed E-state index contributed by atoms with van der Waals surface area (Å²) in [6.07, 6.45) is 2.63. The first-order valence-corrected chi connectivity index (χ1v) is 8.37. The van der Waals surface area contributed by atoms with Crippen LogP contribution in [0, 0.1) is 0 Å². The van der Waals surface area contributed by atoms with Crippen molar-refractivity contribution in [3.63, 3.8) is 0 Å². The zero-order valence-electron chi connectivity index (χ0n) is 14.2. The van der Waals surface area contributed by atoms with Gasteiger partial charge in [-0.15, -0.1) is 0 Å². The van der Waals surface area contributed by atoms with E-state index in [9.17, 15) is 4.79 Å². The number of nitrogens with one attached hydrogen (secondary N) is 1. The van der Waals surface area contributed by atoms with Gasteiger partial charge in [-0.25, -0.2) is 4.68 Å². The quantitative estimate of drug-likeness (QED) is 0.710. The van der Waals surface area contributed by atoms with Crippen LogP contribution in [0.3, 0.4) is 0 Å². The van der Waals surface area contributed by atoms with E-state index >= 15 is 0 Å². The highest BCUT2D eigenvalue weighted by molar-refractivity contribution is 5.91. The Morgan fingerprint density at radius 1 is 1.08 bits per heavy atom. The molecule has 3 aromatic rings. The van der Waals surface area contributed by atoms with Gasteiger partial charge in [0.2, 0.25) is 0 Å². The summed E-state index contributed by atoms with van der Waals surface area (Å²) in [5, 5.41) is 7.03. The summed E-state index contributed by atoms with van der Waals surface area (Å²) < 4.78 is 7.53. The molecule has 1 amide bonds. The smallest absolute Gasteiger partial charge is 0.263 e. The number of hydrogen-bond donors (Lipinski definition) is 1. The zero-order valence-corrected chi connectivity index (χ0v) is 14.2. The van der Waals surface area contributed by atoms with E-state index in [-0.39, 0.29) is 12.5 Å². The van der Waals surface area contributed by atoms with Crippen LogP contribution in [0.2, 0.25) is 0 Å². The lowest BCUT2D eigenvalue weighted by molar-refractivity contribution is -0.118. The fraction of sp³-hybridized carbons (Fsp3) is 0.200. The molecule has 0 bridgehead atoms. The molecule has 5 nitrogen and oxygen atoms in total. The second kappa shape index (κ2) is 8.15. The van der Waals surface area contributed by atoms with Crippen molar-refractivity contribution < 1.29 is 9.53 Å². The number of aromatic nitrogens is 2. The summed E-state index contributed by atoms with van der Waals surface area (Å²) in [5.74, 6) is 1.17. The molecule has 0 saturated carbocycles. The maximum Gasteiger partial charge on any atom is 0.263 e. The average molecular weight is 335 g/mol. The SMILES string of the molecule is CCCn1nccc1NC(=O)COc1ccccc1-c1ccccc1. The molecule has 1 N–H and O–H groups in total. The maximum atomic E-state index is 12.2. The van der Waals surface area contributed by atoms with Crippen LogP contribution in [-0.2, 0) is 11.3 Å². The van der Waals surface area contributed by atoms with Gasteiger partial charge < -0.3 is 10.1 Å². The Bertz CT molecular complexity index is 828. The monoisotopic (exact) mass is 335 g/mol. The van der Waals surface area contributed by atoms with Gasteiger partial charge in [0.05, 0.1) is 6.20 Å². The molecule has 0 aliphatic heterocycles. The van der Waals surface area contributed by atoms with Crippen LogP contribution in [0.4, 0.5) is 5.82 Å². The van der Waals surface area contributed by atoms with E-state index in [1.165, 1.54) is 0 Å². The highest BCUT2D eigenvalue weighted by atomic mass is 16.5. The molecule has 0 fully saturated rings. The Kier molecular flexibility index (Phi) is 5.46. The third-order valence-corrected chi connectivity index (χ3v) is 3.75. The van der Waals surface area contributed by atoms with Gasteiger partial charge in [0.15, 0.2) is 6.61 Å². The average Bonchev–Trinajstić information content (AvgIpc) is 3.08. The molecule has 0 aliphatic carbocycles. The van der Waals surface area contributed by atoms with Crippen molar-refractivity contribution in [1.29, 1.82) is 0 Å². The van der Waals surface area contributed by atoms with Crippen molar-refractivity contribution >= 4 is 11.7 Å². The Hall–Kier alpha value is -3.08. The van der Waals surface area contributed by atoms with E-state index in [0.29, 0.717) is 11.6 Å². The van der Waals surface area contributed by atoms with Crippen LogP contribution < -0.4 is 10.1 Å². The van der Waals surface area contributed by atoms with E-state index < -0.39 is 0 Å². The zero-order chi connectivity index (χ0) is 17.5. The Morgan fingerprint density at radius 3 is 2.64 bits per heavy atom. The summed E-state index contributed by atoms with van der Waals surface area (Å²) in [7, 11) is 0. The molecule has 0 aliphatic rings. The summed E-state index contributed by atoms with van der Waals surface area (Å²) in [6, 6.07) is 19.5. The summed E-state index contributed by atoms with van der Waals surface area (Å²) in [4.78, 5) is 12.2. The summed E-state index contributed by atoms with van der Waals surface area (Å²) in [5.41, 5.74) is 2.02. The van der Waals surface area contributed by atoms with Gasteiger partial charge in [-0.05, 0) is 18.1 Å². The molecular weight excluding hydrogens is 314 g/mol. The van der Waals surface area contributed by atoms with Crippen LogP contribution in [0.25, 0.3) is 11.1 Å². The predicted molar refractivity (Wildman–Crippen MR) is 98.5 cm³/mol. The Morgan fingerprint density at radius 2 is 1.84 bits per heavy atom. The molecule has 0 radical (unpaired) electrons. The molecule has 0 saturated heterocycles. The Labute approximate surface area is 147 Å². The van der Waals surface area contributed by atoms with E-state index in [2.05, 4.69) is 17.3 Å². The van der Waals surface area contributed by atoms with Gasteiger partial charge in [0.1, 0.15) is 11.6 Å². The highest BCUT2D eigenvalue weighted by Crippen LogP contribution is 2.29. The van der Waals surface area contributed by atoms with Gasteiger partial charge in [0, 0.05) is 18.2 Å². The standard InChI is InChI=1S/C20H21N3O2/c1-2-14-23-19(12-13-21-23)22-20(24)15-25-18-11-7-6-10-17(18)16-8-4-3-5-9-16/h3-13H,2,14-15H2,1H3,(H,22,24). The number of rotatable bonds is 7. The molecule has 0 spiro atoms.